The van der Waals surface area contributed by atoms with Crippen molar-refractivity contribution >= 4 is 28.4 Å². The molecule has 0 saturated heterocycles. The molecular weight excluding hydrogens is 308 g/mol. The predicted octanol–water partition coefficient (Wildman–Crippen LogP) is 3.70. The summed E-state index contributed by atoms with van der Waals surface area (Å²) in [7, 11) is -1.21. The zero-order chi connectivity index (χ0) is 15.0. The lowest BCUT2D eigenvalue weighted by molar-refractivity contribution is 0.0697. The average molecular weight is 321 g/mol. The van der Waals surface area contributed by atoms with Crippen molar-refractivity contribution in [3.63, 3.8) is 0 Å². The first-order chi connectivity index (χ1) is 10.1. The highest BCUT2D eigenvalue weighted by Crippen LogP contribution is 2.46. The number of rotatable bonds is 4. The summed E-state index contributed by atoms with van der Waals surface area (Å²) in [5.41, 5.74) is 1.18. The molecule has 5 heteroatoms. The van der Waals surface area contributed by atoms with E-state index in [-0.39, 0.29) is 21.8 Å². The summed E-state index contributed by atoms with van der Waals surface area (Å²) in [6.07, 6.45) is 0.863. The molecular formula is C16H13ClO3S. The Kier molecular flexibility index (Phi) is 3.83. The first-order valence-electron chi connectivity index (χ1n) is 6.56. The van der Waals surface area contributed by atoms with Gasteiger partial charge in [-0.25, -0.2) is 4.79 Å². The molecule has 1 saturated carbocycles. The van der Waals surface area contributed by atoms with Crippen molar-refractivity contribution in [3.05, 3.63) is 64.7 Å². The lowest BCUT2D eigenvalue weighted by Gasteiger charge is -2.05. The molecule has 3 nitrogen and oxygen atoms in total. The van der Waals surface area contributed by atoms with Crippen LogP contribution < -0.4 is 0 Å². The Labute approximate surface area is 130 Å². The highest BCUT2D eigenvalue weighted by Gasteiger charge is 2.43. The average Bonchev–Trinajstić information content (AvgIpc) is 3.28. The van der Waals surface area contributed by atoms with E-state index in [9.17, 15) is 9.00 Å². The number of hydrogen-bond donors (Lipinski definition) is 1. The standard InChI is InChI=1S/C16H13ClO3S/c17-14-7-6-11(8-13(14)16(18)19)21(20)15-9-12(15)10-4-2-1-3-5-10/h1-8,12,15H,9H2,(H,18,19). The quantitative estimate of drug-likeness (QED) is 0.934. The molecule has 0 aliphatic heterocycles. The third-order valence-electron chi connectivity index (χ3n) is 3.64. The van der Waals surface area contributed by atoms with Crippen LogP contribution >= 0.6 is 11.6 Å². The third kappa shape index (κ3) is 2.87. The Balaban J connectivity index is 1.82. The maximum atomic E-state index is 12.6. The summed E-state index contributed by atoms with van der Waals surface area (Å²) in [5, 5.41) is 9.29. The zero-order valence-corrected chi connectivity index (χ0v) is 12.6. The van der Waals surface area contributed by atoms with E-state index in [1.54, 1.807) is 6.07 Å². The van der Waals surface area contributed by atoms with Gasteiger partial charge in [-0.1, -0.05) is 41.9 Å². The molecule has 0 bridgehead atoms. The van der Waals surface area contributed by atoms with Gasteiger partial charge >= 0.3 is 5.97 Å². The normalized spacial score (nSPS) is 21.8. The molecule has 3 unspecified atom stereocenters. The second kappa shape index (κ2) is 5.62. The Hall–Kier alpha value is -1.65. The number of carboxylic acids is 1. The molecule has 0 aromatic heterocycles. The Morgan fingerprint density at radius 1 is 1.19 bits per heavy atom. The topological polar surface area (TPSA) is 54.4 Å². The molecule has 0 spiro atoms. The highest BCUT2D eigenvalue weighted by molar-refractivity contribution is 7.86. The molecule has 0 heterocycles. The smallest absolute Gasteiger partial charge is 0.337 e. The Morgan fingerprint density at radius 3 is 2.57 bits per heavy atom. The minimum absolute atomic E-state index is 0.000530. The number of benzene rings is 2. The van der Waals surface area contributed by atoms with Gasteiger partial charge in [0.15, 0.2) is 0 Å². The third-order valence-corrected chi connectivity index (χ3v) is 5.75. The van der Waals surface area contributed by atoms with Crippen LogP contribution in [0.4, 0.5) is 0 Å². The monoisotopic (exact) mass is 320 g/mol. The molecule has 0 amide bonds. The minimum atomic E-state index is -1.21. The van der Waals surface area contributed by atoms with Crippen molar-refractivity contribution < 1.29 is 14.1 Å². The van der Waals surface area contributed by atoms with Crippen molar-refractivity contribution in [1.29, 1.82) is 0 Å². The number of carbonyl (C=O) groups is 1. The van der Waals surface area contributed by atoms with Crippen LogP contribution in [0.2, 0.25) is 5.02 Å². The zero-order valence-electron chi connectivity index (χ0n) is 11.0. The van der Waals surface area contributed by atoms with E-state index in [1.807, 2.05) is 30.3 Å². The lowest BCUT2D eigenvalue weighted by Crippen LogP contribution is -2.04. The first-order valence-corrected chi connectivity index (χ1v) is 8.15. The van der Waals surface area contributed by atoms with Gasteiger partial charge in [-0.3, -0.25) is 4.21 Å². The number of hydrogen-bond acceptors (Lipinski definition) is 2. The van der Waals surface area contributed by atoms with E-state index in [1.165, 1.54) is 17.7 Å². The van der Waals surface area contributed by atoms with E-state index in [2.05, 4.69) is 0 Å². The summed E-state index contributed by atoms with van der Waals surface area (Å²) < 4.78 is 12.6. The minimum Gasteiger partial charge on any atom is -0.478 e. The van der Waals surface area contributed by atoms with E-state index in [4.69, 9.17) is 16.7 Å². The molecule has 2 aromatic rings. The van der Waals surface area contributed by atoms with Crippen LogP contribution in [0.1, 0.15) is 28.3 Å². The Bertz CT molecular complexity index is 715. The van der Waals surface area contributed by atoms with Crippen LogP contribution in [-0.2, 0) is 10.8 Å². The van der Waals surface area contributed by atoms with Crippen LogP contribution in [0.3, 0.4) is 0 Å². The molecule has 2 aromatic carbocycles. The summed E-state index contributed by atoms with van der Waals surface area (Å²) >= 11 is 5.84. The Morgan fingerprint density at radius 2 is 1.90 bits per heavy atom. The van der Waals surface area contributed by atoms with Gasteiger partial charge in [0.25, 0.3) is 0 Å². The van der Waals surface area contributed by atoms with Crippen LogP contribution in [0, 0.1) is 0 Å². The lowest BCUT2D eigenvalue weighted by atomic mass is 10.1. The number of carboxylic acid groups (broad SMARTS) is 1. The van der Waals surface area contributed by atoms with Gasteiger partial charge in [0, 0.05) is 10.1 Å². The SMILES string of the molecule is O=C(O)c1cc(S(=O)C2CC2c2ccccc2)ccc1Cl. The first kappa shape index (κ1) is 14.3. The highest BCUT2D eigenvalue weighted by atomic mass is 35.5. The van der Waals surface area contributed by atoms with E-state index >= 15 is 0 Å². The van der Waals surface area contributed by atoms with Gasteiger partial charge in [0.05, 0.1) is 21.4 Å². The molecule has 108 valence electrons. The molecule has 1 aliphatic rings. The fourth-order valence-corrected chi connectivity index (χ4v) is 4.25. The van der Waals surface area contributed by atoms with Crippen molar-refractivity contribution in [2.45, 2.75) is 22.5 Å². The second-order valence-corrected chi connectivity index (χ2v) is 7.11. The molecule has 0 radical (unpaired) electrons. The fourth-order valence-electron chi connectivity index (χ4n) is 2.43. The second-order valence-electron chi connectivity index (χ2n) is 5.04. The molecule has 1 N–H and O–H groups in total. The maximum absolute atomic E-state index is 12.6. The van der Waals surface area contributed by atoms with Gasteiger partial charge in [-0.2, -0.15) is 0 Å². The largest absolute Gasteiger partial charge is 0.478 e. The maximum Gasteiger partial charge on any atom is 0.337 e. The van der Waals surface area contributed by atoms with Gasteiger partial charge < -0.3 is 5.11 Å². The van der Waals surface area contributed by atoms with Gasteiger partial charge in [-0.05, 0) is 36.1 Å². The molecule has 1 fully saturated rings. The van der Waals surface area contributed by atoms with Crippen LogP contribution in [0.25, 0.3) is 0 Å². The predicted molar refractivity (Wildman–Crippen MR) is 82.4 cm³/mol. The summed E-state index contributed by atoms with van der Waals surface area (Å²) in [4.78, 5) is 11.6. The van der Waals surface area contributed by atoms with Crippen molar-refractivity contribution in [2.24, 2.45) is 0 Å². The van der Waals surface area contributed by atoms with Crippen molar-refractivity contribution in [3.8, 4) is 0 Å². The molecule has 3 rings (SSSR count). The summed E-state index contributed by atoms with van der Waals surface area (Å²) in [6, 6.07) is 14.5. The number of aromatic carboxylic acids is 1. The van der Waals surface area contributed by atoms with Gasteiger partial charge in [0.2, 0.25) is 0 Å². The fraction of sp³-hybridized carbons (Fsp3) is 0.188. The van der Waals surface area contributed by atoms with Crippen LogP contribution in [0.15, 0.2) is 53.4 Å². The van der Waals surface area contributed by atoms with E-state index in [0.29, 0.717) is 4.90 Å². The van der Waals surface area contributed by atoms with Crippen LogP contribution in [-0.4, -0.2) is 20.5 Å². The summed E-state index contributed by atoms with van der Waals surface area (Å²) in [5.74, 6) is -0.815. The van der Waals surface area contributed by atoms with Crippen molar-refractivity contribution in [1.82, 2.24) is 0 Å². The van der Waals surface area contributed by atoms with Gasteiger partial charge in [-0.15, -0.1) is 0 Å². The van der Waals surface area contributed by atoms with Gasteiger partial charge in [0.1, 0.15) is 0 Å². The number of halogens is 1. The summed E-state index contributed by atoms with van der Waals surface area (Å²) in [6.45, 7) is 0. The van der Waals surface area contributed by atoms with Crippen molar-refractivity contribution in [2.75, 3.05) is 0 Å². The molecule has 3 atom stereocenters. The van der Waals surface area contributed by atoms with Crippen LogP contribution in [0.5, 0.6) is 0 Å². The van der Waals surface area contributed by atoms with E-state index in [0.717, 1.165) is 6.42 Å². The molecule has 1 aliphatic carbocycles. The van der Waals surface area contributed by atoms with E-state index < -0.39 is 16.8 Å². The molecule has 21 heavy (non-hydrogen) atoms.